The zero-order valence-electron chi connectivity index (χ0n) is 23.3. The van der Waals surface area contributed by atoms with Gasteiger partial charge in [0.1, 0.15) is 18.3 Å². The molecular formula is C30H35Cl2N3O5S. The maximum absolute atomic E-state index is 14.0. The summed E-state index contributed by atoms with van der Waals surface area (Å²) in [6.45, 7) is 5.91. The quantitative estimate of drug-likeness (QED) is 0.226. The molecule has 41 heavy (non-hydrogen) atoms. The summed E-state index contributed by atoms with van der Waals surface area (Å²) in [6.07, 6.45) is 1.70. The van der Waals surface area contributed by atoms with Crippen LogP contribution >= 0.6 is 23.2 Å². The minimum atomic E-state index is -4.20. The lowest BCUT2D eigenvalue weighted by Gasteiger charge is -2.32. The van der Waals surface area contributed by atoms with E-state index in [-0.39, 0.29) is 23.0 Å². The number of ether oxygens (including phenoxy) is 1. The van der Waals surface area contributed by atoms with Crippen molar-refractivity contribution >= 4 is 50.7 Å². The fraction of sp³-hybridized carbons (Fsp3) is 0.333. The molecule has 0 bridgehead atoms. The molecule has 220 valence electrons. The molecule has 1 N–H and O–H groups in total. The van der Waals surface area contributed by atoms with Crippen LogP contribution in [0.1, 0.15) is 39.2 Å². The SMILES string of the molecule is CCCCNC(=O)[C@H](C)N(Cc1cccc(Cl)c1)C(=O)CN(c1ccc(OCC)cc1)S(=O)(=O)c1ccc(Cl)cc1. The highest BCUT2D eigenvalue weighted by molar-refractivity contribution is 7.92. The molecule has 0 unspecified atom stereocenters. The highest BCUT2D eigenvalue weighted by Crippen LogP contribution is 2.27. The van der Waals surface area contributed by atoms with E-state index in [0.717, 1.165) is 17.1 Å². The number of sulfonamides is 1. The van der Waals surface area contributed by atoms with Crippen LogP contribution in [0.25, 0.3) is 0 Å². The molecule has 2 amide bonds. The van der Waals surface area contributed by atoms with Crippen LogP contribution in [0.3, 0.4) is 0 Å². The molecule has 3 aromatic rings. The second-order valence-corrected chi connectivity index (χ2v) is 12.1. The zero-order chi connectivity index (χ0) is 30.0. The molecule has 3 aromatic carbocycles. The van der Waals surface area contributed by atoms with Crippen molar-refractivity contribution in [3.63, 3.8) is 0 Å². The minimum absolute atomic E-state index is 0.0321. The molecule has 11 heteroatoms. The molecule has 0 radical (unpaired) electrons. The number of carbonyl (C=O) groups excluding carboxylic acids is 2. The number of anilines is 1. The Morgan fingerprint density at radius 3 is 2.24 bits per heavy atom. The number of hydrogen-bond acceptors (Lipinski definition) is 5. The van der Waals surface area contributed by atoms with Gasteiger partial charge in [-0.05, 0) is 86.5 Å². The minimum Gasteiger partial charge on any atom is -0.494 e. The molecule has 0 aliphatic heterocycles. The van der Waals surface area contributed by atoms with Gasteiger partial charge < -0.3 is 15.0 Å². The number of amides is 2. The van der Waals surface area contributed by atoms with E-state index in [1.807, 2.05) is 13.8 Å². The number of rotatable bonds is 14. The van der Waals surface area contributed by atoms with E-state index in [2.05, 4.69) is 5.32 Å². The average molecular weight is 621 g/mol. The van der Waals surface area contributed by atoms with Gasteiger partial charge in [-0.25, -0.2) is 8.42 Å². The van der Waals surface area contributed by atoms with Crippen LogP contribution in [0.15, 0.2) is 77.7 Å². The lowest BCUT2D eigenvalue weighted by Crippen LogP contribution is -2.51. The summed E-state index contributed by atoms with van der Waals surface area (Å²) in [5, 5.41) is 3.72. The first-order chi connectivity index (χ1) is 19.6. The predicted octanol–water partition coefficient (Wildman–Crippen LogP) is 5.92. The summed E-state index contributed by atoms with van der Waals surface area (Å²) < 4.78 is 34.3. The van der Waals surface area contributed by atoms with Crippen molar-refractivity contribution in [2.24, 2.45) is 0 Å². The van der Waals surface area contributed by atoms with E-state index >= 15 is 0 Å². The molecule has 0 saturated carbocycles. The molecule has 0 aromatic heterocycles. The first-order valence-corrected chi connectivity index (χ1v) is 15.6. The van der Waals surface area contributed by atoms with Crippen molar-refractivity contribution in [2.75, 3.05) is 24.0 Å². The highest BCUT2D eigenvalue weighted by atomic mass is 35.5. The Balaban J connectivity index is 2.00. The van der Waals surface area contributed by atoms with Crippen molar-refractivity contribution in [3.8, 4) is 5.75 Å². The van der Waals surface area contributed by atoms with E-state index in [1.54, 1.807) is 55.5 Å². The fourth-order valence-electron chi connectivity index (χ4n) is 4.09. The number of carbonyl (C=O) groups is 2. The zero-order valence-corrected chi connectivity index (χ0v) is 25.7. The largest absolute Gasteiger partial charge is 0.494 e. The number of nitrogens with zero attached hydrogens (tertiary/aromatic N) is 2. The normalized spacial score (nSPS) is 11.9. The lowest BCUT2D eigenvalue weighted by atomic mass is 10.1. The van der Waals surface area contributed by atoms with Crippen LogP contribution in [0.5, 0.6) is 5.75 Å². The van der Waals surface area contributed by atoms with Gasteiger partial charge >= 0.3 is 0 Å². The number of unbranched alkanes of at least 4 members (excludes halogenated alkanes) is 1. The molecule has 1 atom stereocenters. The predicted molar refractivity (Wildman–Crippen MR) is 163 cm³/mol. The lowest BCUT2D eigenvalue weighted by molar-refractivity contribution is -0.139. The van der Waals surface area contributed by atoms with Gasteiger partial charge in [0, 0.05) is 23.1 Å². The summed E-state index contributed by atoms with van der Waals surface area (Å²) in [5.74, 6) is -0.331. The first kappa shape index (κ1) is 32.2. The summed E-state index contributed by atoms with van der Waals surface area (Å²) in [4.78, 5) is 28.3. The van der Waals surface area contributed by atoms with E-state index in [9.17, 15) is 18.0 Å². The maximum atomic E-state index is 14.0. The molecule has 3 rings (SSSR count). The van der Waals surface area contributed by atoms with Crippen molar-refractivity contribution in [1.82, 2.24) is 10.2 Å². The molecule has 8 nitrogen and oxygen atoms in total. The van der Waals surface area contributed by atoms with Crippen molar-refractivity contribution in [3.05, 3.63) is 88.4 Å². The second-order valence-electron chi connectivity index (χ2n) is 9.36. The average Bonchev–Trinajstić information content (AvgIpc) is 2.95. The summed E-state index contributed by atoms with van der Waals surface area (Å²) in [6, 6.07) is 18.2. The van der Waals surface area contributed by atoms with Crippen molar-refractivity contribution in [1.29, 1.82) is 0 Å². The van der Waals surface area contributed by atoms with Crippen LogP contribution < -0.4 is 14.4 Å². The third-order valence-corrected chi connectivity index (χ3v) is 8.63. The Labute approximate surface area is 252 Å². The number of hydrogen-bond donors (Lipinski definition) is 1. The first-order valence-electron chi connectivity index (χ1n) is 13.4. The highest BCUT2D eigenvalue weighted by Gasteiger charge is 2.32. The molecule has 0 aliphatic carbocycles. The fourth-order valence-corrected chi connectivity index (χ4v) is 5.84. The third kappa shape index (κ3) is 8.86. The van der Waals surface area contributed by atoms with Crippen molar-refractivity contribution < 1.29 is 22.7 Å². The molecule has 0 saturated heterocycles. The van der Waals surface area contributed by atoms with E-state index in [1.165, 1.54) is 29.2 Å². The van der Waals surface area contributed by atoms with Crippen LogP contribution in [-0.4, -0.2) is 50.9 Å². The van der Waals surface area contributed by atoms with Gasteiger partial charge in [0.05, 0.1) is 17.2 Å². The van der Waals surface area contributed by atoms with Gasteiger partial charge in [-0.2, -0.15) is 0 Å². The van der Waals surface area contributed by atoms with Crippen LogP contribution in [0.4, 0.5) is 5.69 Å². The number of benzene rings is 3. The molecule has 0 fully saturated rings. The van der Waals surface area contributed by atoms with Gasteiger partial charge in [-0.3, -0.25) is 13.9 Å². The summed E-state index contributed by atoms with van der Waals surface area (Å²) >= 11 is 12.2. The second kappa shape index (κ2) is 15.1. The third-order valence-electron chi connectivity index (χ3n) is 6.36. The Hall–Kier alpha value is -3.27. The Morgan fingerprint density at radius 1 is 0.951 bits per heavy atom. The van der Waals surface area contributed by atoms with Crippen LogP contribution in [0.2, 0.25) is 10.0 Å². The molecule has 0 aliphatic rings. The monoisotopic (exact) mass is 619 g/mol. The Morgan fingerprint density at radius 2 is 1.63 bits per heavy atom. The number of nitrogens with one attached hydrogen (secondary N) is 1. The number of halogens is 2. The van der Waals surface area contributed by atoms with Crippen LogP contribution in [0, 0.1) is 0 Å². The van der Waals surface area contributed by atoms with Crippen molar-refractivity contribution in [2.45, 2.75) is 51.1 Å². The Bertz CT molecular complexity index is 1420. The van der Waals surface area contributed by atoms with Gasteiger partial charge in [0.2, 0.25) is 11.8 Å². The van der Waals surface area contributed by atoms with Crippen LogP contribution in [-0.2, 0) is 26.2 Å². The van der Waals surface area contributed by atoms with Gasteiger partial charge in [-0.1, -0.05) is 48.7 Å². The molecule has 0 heterocycles. The van der Waals surface area contributed by atoms with E-state index < -0.39 is 28.5 Å². The summed E-state index contributed by atoms with van der Waals surface area (Å²) in [5.41, 5.74) is 0.965. The maximum Gasteiger partial charge on any atom is 0.264 e. The van der Waals surface area contributed by atoms with E-state index in [0.29, 0.717) is 34.5 Å². The Kier molecular flexibility index (Phi) is 11.9. The molecule has 0 spiro atoms. The summed E-state index contributed by atoms with van der Waals surface area (Å²) in [7, 11) is -4.20. The van der Waals surface area contributed by atoms with Gasteiger partial charge in [0.15, 0.2) is 0 Å². The topological polar surface area (TPSA) is 96.0 Å². The standard InChI is InChI=1S/C30H35Cl2N3O5S/c1-4-6-18-33-30(37)22(3)34(20-23-8-7-9-25(32)19-23)29(36)21-35(26-12-14-27(15-13-26)40-5-2)41(38,39)28-16-10-24(31)11-17-28/h7-17,19,22H,4-6,18,20-21H2,1-3H3,(H,33,37)/t22-/m0/s1. The van der Waals surface area contributed by atoms with Gasteiger partial charge in [-0.15, -0.1) is 0 Å². The smallest absolute Gasteiger partial charge is 0.264 e. The van der Waals surface area contributed by atoms with Gasteiger partial charge in [0.25, 0.3) is 10.0 Å². The molecular weight excluding hydrogens is 585 g/mol. The van der Waals surface area contributed by atoms with E-state index in [4.69, 9.17) is 27.9 Å².